The molecule has 2 aromatic carbocycles. The zero-order valence-corrected chi connectivity index (χ0v) is 13.8. The minimum Gasteiger partial charge on any atom is -0.489 e. The fourth-order valence-electron chi connectivity index (χ4n) is 2.37. The molecule has 0 atom stereocenters. The third-order valence-corrected chi connectivity index (χ3v) is 3.60. The monoisotopic (exact) mass is 334 g/mol. The number of amides is 2. The van der Waals surface area contributed by atoms with Crippen LogP contribution in [0.4, 0.5) is 19.3 Å². The maximum Gasteiger partial charge on any atom is 0.318 e. The molecule has 0 aromatic heterocycles. The molecule has 2 aromatic rings. The lowest BCUT2D eigenvalue weighted by molar-refractivity contribution is 0.152. The number of rotatable bonds is 5. The van der Waals surface area contributed by atoms with Gasteiger partial charge in [0.2, 0.25) is 0 Å². The molecule has 0 saturated carbocycles. The number of ether oxygens (including phenoxy) is 1. The lowest BCUT2D eigenvalue weighted by atomic mass is 10.1. The van der Waals surface area contributed by atoms with Gasteiger partial charge in [-0.3, -0.25) is 0 Å². The predicted molar refractivity (Wildman–Crippen MR) is 89.7 cm³/mol. The van der Waals surface area contributed by atoms with Gasteiger partial charge in [0.1, 0.15) is 12.4 Å². The number of carbonyl (C=O) groups is 1. The highest BCUT2D eigenvalue weighted by Crippen LogP contribution is 2.31. The van der Waals surface area contributed by atoms with E-state index in [0.29, 0.717) is 11.3 Å². The average Bonchev–Trinajstić information content (AvgIpc) is 2.54. The van der Waals surface area contributed by atoms with Crippen molar-refractivity contribution in [2.75, 3.05) is 12.4 Å². The molecule has 2 N–H and O–H groups in total. The summed E-state index contributed by atoms with van der Waals surface area (Å²) in [6, 6.07) is 9.65. The van der Waals surface area contributed by atoms with E-state index in [1.807, 2.05) is 32.0 Å². The molecule has 0 unspecified atom stereocenters. The third kappa shape index (κ3) is 4.22. The minimum absolute atomic E-state index is 0.0732. The lowest BCUT2D eigenvalue weighted by Crippen LogP contribution is -2.26. The molecule has 0 aliphatic rings. The van der Waals surface area contributed by atoms with Gasteiger partial charge in [-0.15, -0.1) is 0 Å². The number of anilines is 1. The number of hydrogen-bond donors (Lipinski definition) is 2. The molecule has 0 bridgehead atoms. The molecular formula is C18H20F2N2O2. The maximum atomic E-state index is 13.2. The number of carbonyl (C=O) groups excluding carboxylic acids is 1. The van der Waals surface area contributed by atoms with Gasteiger partial charge in [0, 0.05) is 18.2 Å². The van der Waals surface area contributed by atoms with Crippen molar-refractivity contribution in [1.82, 2.24) is 5.32 Å². The van der Waals surface area contributed by atoms with E-state index in [0.717, 1.165) is 11.1 Å². The van der Waals surface area contributed by atoms with Crippen molar-refractivity contribution in [1.29, 1.82) is 0 Å². The summed E-state index contributed by atoms with van der Waals surface area (Å²) in [6.45, 7) is 3.97. The Kier molecular flexibility index (Phi) is 5.73. The Hall–Kier alpha value is -2.63. The molecule has 0 saturated heterocycles. The summed E-state index contributed by atoms with van der Waals surface area (Å²) in [5.41, 5.74) is 2.40. The van der Waals surface area contributed by atoms with Crippen LogP contribution in [0.15, 0.2) is 36.4 Å². The van der Waals surface area contributed by atoms with Crippen molar-refractivity contribution < 1.29 is 18.3 Å². The molecule has 0 spiro atoms. The van der Waals surface area contributed by atoms with Gasteiger partial charge in [0.05, 0.1) is 5.69 Å². The van der Waals surface area contributed by atoms with Gasteiger partial charge in [-0.1, -0.05) is 35.9 Å². The number of aryl methyl sites for hydroxylation is 2. The van der Waals surface area contributed by atoms with Crippen molar-refractivity contribution in [3.05, 3.63) is 58.7 Å². The molecule has 2 amide bonds. The van der Waals surface area contributed by atoms with Crippen molar-refractivity contribution >= 4 is 11.7 Å². The van der Waals surface area contributed by atoms with Gasteiger partial charge in [0.15, 0.2) is 0 Å². The van der Waals surface area contributed by atoms with E-state index in [-0.39, 0.29) is 17.9 Å². The maximum absolute atomic E-state index is 13.2. The Bertz CT molecular complexity index is 733. The van der Waals surface area contributed by atoms with Crippen LogP contribution < -0.4 is 15.4 Å². The first kappa shape index (κ1) is 17.7. The standard InChI is InChI=1S/C18H20F2N2O2/c1-11-7-8-15(12(2)9-11)24-10-13-5-4-6-14(17(19)20)16(13)22-18(23)21-3/h4-9,17H,10H2,1-3H3,(H2,21,22,23). The van der Waals surface area contributed by atoms with E-state index in [2.05, 4.69) is 10.6 Å². The van der Waals surface area contributed by atoms with Crippen LogP contribution in [0.25, 0.3) is 0 Å². The summed E-state index contributed by atoms with van der Waals surface area (Å²) in [7, 11) is 1.42. The van der Waals surface area contributed by atoms with Crippen LogP contribution in [0.1, 0.15) is 28.7 Å². The second kappa shape index (κ2) is 7.77. The quantitative estimate of drug-likeness (QED) is 0.841. The summed E-state index contributed by atoms with van der Waals surface area (Å²) < 4.78 is 32.2. The molecule has 0 fully saturated rings. The van der Waals surface area contributed by atoms with Crippen LogP contribution in [-0.4, -0.2) is 13.1 Å². The number of hydrogen-bond acceptors (Lipinski definition) is 2. The van der Waals surface area contributed by atoms with E-state index in [9.17, 15) is 13.6 Å². The second-order valence-electron chi connectivity index (χ2n) is 5.44. The molecule has 0 aliphatic heterocycles. The van der Waals surface area contributed by atoms with E-state index in [4.69, 9.17) is 4.74 Å². The Labute approximate surface area is 139 Å². The molecule has 0 aliphatic carbocycles. The average molecular weight is 334 g/mol. The van der Waals surface area contributed by atoms with Gasteiger partial charge in [0.25, 0.3) is 6.43 Å². The number of nitrogens with one attached hydrogen (secondary N) is 2. The fourth-order valence-corrected chi connectivity index (χ4v) is 2.37. The van der Waals surface area contributed by atoms with Gasteiger partial charge in [-0.05, 0) is 25.5 Å². The van der Waals surface area contributed by atoms with Crippen molar-refractivity contribution in [2.45, 2.75) is 26.9 Å². The van der Waals surface area contributed by atoms with Crippen LogP contribution in [0.5, 0.6) is 5.75 Å². The molecule has 6 heteroatoms. The number of alkyl halides is 2. The van der Waals surface area contributed by atoms with Crippen LogP contribution in [0.3, 0.4) is 0 Å². The van der Waals surface area contributed by atoms with Gasteiger partial charge in [-0.25, -0.2) is 13.6 Å². The van der Waals surface area contributed by atoms with E-state index in [1.54, 1.807) is 6.07 Å². The van der Waals surface area contributed by atoms with E-state index >= 15 is 0 Å². The van der Waals surface area contributed by atoms with E-state index < -0.39 is 12.5 Å². The molecular weight excluding hydrogens is 314 g/mol. The lowest BCUT2D eigenvalue weighted by Gasteiger charge is -2.16. The first-order valence-corrected chi connectivity index (χ1v) is 7.51. The summed E-state index contributed by atoms with van der Waals surface area (Å²) in [5, 5.41) is 4.82. The Morgan fingerprint density at radius 2 is 1.96 bits per heavy atom. The first-order valence-electron chi connectivity index (χ1n) is 7.51. The van der Waals surface area contributed by atoms with Crippen molar-refractivity contribution in [2.24, 2.45) is 0 Å². The minimum atomic E-state index is -2.70. The number of halogens is 2. The summed E-state index contributed by atoms with van der Waals surface area (Å²) >= 11 is 0. The molecule has 24 heavy (non-hydrogen) atoms. The first-order chi connectivity index (χ1) is 11.4. The SMILES string of the molecule is CNC(=O)Nc1c(COc2ccc(C)cc2C)cccc1C(F)F. The van der Waals surface area contributed by atoms with Crippen LogP contribution in [-0.2, 0) is 6.61 Å². The molecule has 0 radical (unpaired) electrons. The number of benzene rings is 2. The fraction of sp³-hybridized carbons (Fsp3) is 0.278. The summed E-state index contributed by atoms with van der Waals surface area (Å²) in [6.07, 6.45) is -2.70. The summed E-state index contributed by atoms with van der Waals surface area (Å²) in [5.74, 6) is 0.675. The number of para-hydroxylation sites is 1. The highest BCUT2D eigenvalue weighted by atomic mass is 19.3. The van der Waals surface area contributed by atoms with Gasteiger partial charge in [-0.2, -0.15) is 0 Å². The van der Waals surface area contributed by atoms with Crippen molar-refractivity contribution in [3.8, 4) is 5.75 Å². The predicted octanol–water partition coefficient (Wildman–Crippen LogP) is 4.57. The van der Waals surface area contributed by atoms with Crippen LogP contribution >= 0.6 is 0 Å². The Morgan fingerprint density at radius 1 is 1.21 bits per heavy atom. The Morgan fingerprint density at radius 3 is 2.58 bits per heavy atom. The summed E-state index contributed by atoms with van der Waals surface area (Å²) in [4.78, 5) is 11.6. The number of urea groups is 1. The third-order valence-electron chi connectivity index (χ3n) is 3.60. The van der Waals surface area contributed by atoms with E-state index in [1.165, 1.54) is 19.2 Å². The second-order valence-corrected chi connectivity index (χ2v) is 5.44. The highest BCUT2D eigenvalue weighted by molar-refractivity contribution is 5.91. The molecule has 128 valence electrons. The largest absolute Gasteiger partial charge is 0.489 e. The highest BCUT2D eigenvalue weighted by Gasteiger charge is 2.18. The smallest absolute Gasteiger partial charge is 0.318 e. The zero-order chi connectivity index (χ0) is 17.7. The van der Waals surface area contributed by atoms with Gasteiger partial charge < -0.3 is 15.4 Å². The molecule has 4 nitrogen and oxygen atoms in total. The zero-order valence-electron chi connectivity index (χ0n) is 13.8. The molecule has 0 heterocycles. The topological polar surface area (TPSA) is 50.4 Å². The van der Waals surface area contributed by atoms with Crippen LogP contribution in [0, 0.1) is 13.8 Å². The van der Waals surface area contributed by atoms with Crippen molar-refractivity contribution in [3.63, 3.8) is 0 Å². The Balaban J connectivity index is 2.28. The molecule has 2 rings (SSSR count). The van der Waals surface area contributed by atoms with Gasteiger partial charge >= 0.3 is 6.03 Å². The normalized spacial score (nSPS) is 10.6. The van der Waals surface area contributed by atoms with Crippen LogP contribution in [0.2, 0.25) is 0 Å².